The number of carbonyl (C=O) groups excluding carboxylic acids is 1. The number of benzene rings is 2. The molecule has 0 unspecified atom stereocenters. The normalized spacial score (nSPS) is 14.5. The molecule has 0 bridgehead atoms. The topological polar surface area (TPSA) is 57.8 Å². The SMILES string of the molecule is Cc1cc(C)c(/C=C2\C(=O)Nc3ccc(-c4cnc5ccccc5c4)cc32)[nH]1. The lowest BCUT2D eigenvalue weighted by Crippen LogP contribution is -2.03. The second-order valence-corrected chi connectivity index (χ2v) is 7.24. The van der Waals surface area contributed by atoms with Crippen LogP contribution in [0.3, 0.4) is 0 Å². The van der Waals surface area contributed by atoms with E-state index >= 15 is 0 Å². The summed E-state index contributed by atoms with van der Waals surface area (Å²) in [5.41, 5.74) is 8.66. The summed E-state index contributed by atoms with van der Waals surface area (Å²) in [6.07, 6.45) is 3.82. The quantitative estimate of drug-likeness (QED) is 0.471. The third kappa shape index (κ3) is 2.70. The van der Waals surface area contributed by atoms with Crippen molar-refractivity contribution in [3.8, 4) is 11.1 Å². The van der Waals surface area contributed by atoms with Gasteiger partial charge in [0.15, 0.2) is 0 Å². The maximum absolute atomic E-state index is 12.6. The van der Waals surface area contributed by atoms with Crippen molar-refractivity contribution in [2.75, 3.05) is 5.32 Å². The van der Waals surface area contributed by atoms with Gasteiger partial charge in [-0.25, -0.2) is 0 Å². The van der Waals surface area contributed by atoms with E-state index < -0.39 is 0 Å². The predicted octanol–water partition coefficient (Wildman–Crippen LogP) is 5.34. The van der Waals surface area contributed by atoms with E-state index in [4.69, 9.17) is 0 Å². The first-order valence-corrected chi connectivity index (χ1v) is 9.27. The molecule has 1 amide bonds. The number of aryl methyl sites for hydroxylation is 2. The summed E-state index contributed by atoms with van der Waals surface area (Å²) < 4.78 is 0. The lowest BCUT2D eigenvalue weighted by atomic mass is 9.98. The summed E-state index contributed by atoms with van der Waals surface area (Å²) in [4.78, 5) is 20.5. The number of aromatic nitrogens is 2. The van der Waals surface area contributed by atoms with Crippen LogP contribution in [0, 0.1) is 13.8 Å². The van der Waals surface area contributed by atoms with E-state index in [1.54, 1.807) is 0 Å². The Morgan fingerprint density at radius 3 is 2.64 bits per heavy atom. The van der Waals surface area contributed by atoms with Crippen molar-refractivity contribution in [1.29, 1.82) is 0 Å². The van der Waals surface area contributed by atoms with Crippen molar-refractivity contribution in [2.24, 2.45) is 0 Å². The average molecular weight is 365 g/mol. The molecule has 5 rings (SSSR count). The van der Waals surface area contributed by atoms with Gasteiger partial charge in [0.2, 0.25) is 0 Å². The Morgan fingerprint density at radius 1 is 0.964 bits per heavy atom. The maximum atomic E-state index is 12.6. The first-order chi connectivity index (χ1) is 13.6. The number of amides is 1. The van der Waals surface area contributed by atoms with Crippen LogP contribution in [-0.2, 0) is 4.79 Å². The molecule has 2 aromatic carbocycles. The maximum Gasteiger partial charge on any atom is 0.256 e. The van der Waals surface area contributed by atoms with E-state index in [-0.39, 0.29) is 5.91 Å². The molecule has 0 aliphatic carbocycles. The van der Waals surface area contributed by atoms with Gasteiger partial charge in [-0.05, 0) is 61.4 Å². The Morgan fingerprint density at radius 2 is 1.82 bits per heavy atom. The molecular weight excluding hydrogens is 346 g/mol. The van der Waals surface area contributed by atoms with Gasteiger partial charge in [0.05, 0.1) is 11.1 Å². The highest BCUT2D eigenvalue weighted by atomic mass is 16.2. The van der Waals surface area contributed by atoms with Gasteiger partial charge in [0.1, 0.15) is 0 Å². The van der Waals surface area contributed by atoms with Crippen LogP contribution in [0.2, 0.25) is 0 Å². The largest absolute Gasteiger partial charge is 0.359 e. The number of hydrogen-bond donors (Lipinski definition) is 2. The van der Waals surface area contributed by atoms with Crippen LogP contribution >= 0.6 is 0 Å². The van der Waals surface area contributed by atoms with Crippen LogP contribution in [-0.4, -0.2) is 15.9 Å². The van der Waals surface area contributed by atoms with E-state index in [0.29, 0.717) is 5.57 Å². The Bertz CT molecular complexity index is 1280. The zero-order valence-corrected chi connectivity index (χ0v) is 15.7. The van der Waals surface area contributed by atoms with Gasteiger partial charge in [-0.3, -0.25) is 9.78 Å². The van der Waals surface area contributed by atoms with Crippen molar-refractivity contribution < 1.29 is 4.79 Å². The number of hydrogen-bond acceptors (Lipinski definition) is 2. The summed E-state index contributed by atoms with van der Waals surface area (Å²) in [5, 5.41) is 4.07. The number of rotatable bonds is 2. The molecule has 1 aliphatic heterocycles. The zero-order valence-electron chi connectivity index (χ0n) is 15.7. The second kappa shape index (κ2) is 6.20. The number of nitrogens with zero attached hydrogens (tertiary/aromatic N) is 1. The van der Waals surface area contributed by atoms with E-state index in [2.05, 4.69) is 39.6 Å². The molecule has 2 N–H and O–H groups in total. The highest BCUT2D eigenvalue weighted by molar-refractivity contribution is 6.35. The van der Waals surface area contributed by atoms with E-state index in [0.717, 1.165) is 50.2 Å². The van der Waals surface area contributed by atoms with E-state index in [9.17, 15) is 4.79 Å². The Kier molecular flexibility index (Phi) is 3.66. The molecule has 136 valence electrons. The molecule has 2 aromatic heterocycles. The van der Waals surface area contributed by atoms with Gasteiger partial charge in [0, 0.05) is 39.8 Å². The molecule has 0 radical (unpaired) electrons. The Hall–Kier alpha value is -3.66. The minimum atomic E-state index is -0.0737. The summed E-state index contributed by atoms with van der Waals surface area (Å²) in [6, 6.07) is 18.3. The fourth-order valence-electron chi connectivity index (χ4n) is 3.78. The van der Waals surface area contributed by atoms with Crippen molar-refractivity contribution in [1.82, 2.24) is 9.97 Å². The van der Waals surface area contributed by atoms with Crippen LogP contribution in [0.4, 0.5) is 5.69 Å². The molecule has 0 saturated heterocycles. The molecule has 0 saturated carbocycles. The molecule has 0 atom stereocenters. The first-order valence-electron chi connectivity index (χ1n) is 9.27. The number of para-hydroxylation sites is 1. The van der Waals surface area contributed by atoms with Gasteiger partial charge >= 0.3 is 0 Å². The van der Waals surface area contributed by atoms with Crippen molar-refractivity contribution >= 4 is 34.1 Å². The minimum absolute atomic E-state index is 0.0737. The summed E-state index contributed by atoms with van der Waals surface area (Å²) in [7, 11) is 0. The van der Waals surface area contributed by atoms with Crippen LogP contribution < -0.4 is 5.32 Å². The predicted molar refractivity (Wildman–Crippen MR) is 114 cm³/mol. The zero-order chi connectivity index (χ0) is 19.3. The standard InChI is InChI=1S/C24H19N3O/c1-14-9-15(2)26-23(14)12-20-19-11-16(7-8-22(19)27-24(20)28)18-10-17-5-3-4-6-21(17)25-13-18/h3-13,26H,1-2H3,(H,27,28)/b20-12-. The third-order valence-corrected chi connectivity index (χ3v) is 5.20. The molecule has 4 heteroatoms. The fourth-order valence-corrected chi connectivity index (χ4v) is 3.78. The van der Waals surface area contributed by atoms with Crippen molar-refractivity contribution in [3.63, 3.8) is 0 Å². The van der Waals surface area contributed by atoms with Crippen molar-refractivity contribution in [3.05, 3.63) is 83.3 Å². The molecule has 3 heterocycles. The number of H-pyrrole nitrogens is 1. The van der Waals surface area contributed by atoms with Crippen LogP contribution in [0.1, 0.15) is 22.5 Å². The van der Waals surface area contributed by atoms with Gasteiger partial charge < -0.3 is 10.3 Å². The first kappa shape index (κ1) is 16.5. The molecule has 0 fully saturated rings. The minimum Gasteiger partial charge on any atom is -0.359 e. The smallest absolute Gasteiger partial charge is 0.256 e. The third-order valence-electron chi connectivity index (χ3n) is 5.20. The number of pyridine rings is 1. The summed E-state index contributed by atoms with van der Waals surface area (Å²) in [5.74, 6) is -0.0737. The molecule has 4 nitrogen and oxygen atoms in total. The molecule has 1 aliphatic rings. The van der Waals surface area contributed by atoms with Gasteiger partial charge in [-0.2, -0.15) is 0 Å². The highest BCUT2D eigenvalue weighted by Gasteiger charge is 2.25. The van der Waals surface area contributed by atoms with E-state index in [1.165, 1.54) is 0 Å². The average Bonchev–Trinajstić information content (AvgIpc) is 3.19. The Balaban J connectivity index is 1.62. The van der Waals surface area contributed by atoms with Crippen LogP contribution in [0.5, 0.6) is 0 Å². The fraction of sp³-hybridized carbons (Fsp3) is 0.0833. The van der Waals surface area contributed by atoms with Crippen LogP contribution in [0.25, 0.3) is 33.7 Å². The molecule has 4 aromatic rings. The van der Waals surface area contributed by atoms with E-state index in [1.807, 2.05) is 56.5 Å². The summed E-state index contributed by atoms with van der Waals surface area (Å²) in [6.45, 7) is 4.06. The van der Waals surface area contributed by atoms with Crippen LogP contribution in [0.15, 0.2) is 60.8 Å². The molecular formula is C24H19N3O. The number of carbonyl (C=O) groups is 1. The lowest BCUT2D eigenvalue weighted by molar-refractivity contribution is -0.110. The summed E-state index contributed by atoms with van der Waals surface area (Å²) >= 11 is 0. The number of fused-ring (bicyclic) bond motifs is 2. The molecule has 28 heavy (non-hydrogen) atoms. The Labute approximate surface area is 162 Å². The highest BCUT2D eigenvalue weighted by Crippen LogP contribution is 2.36. The molecule has 0 spiro atoms. The number of aromatic amines is 1. The number of nitrogens with one attached hydrogen (secondary N) is 2. The van der Waals surface area contributed by atoms with Gasteiger partial charge in [0.25, 0.3) is 5.91 Å². The second-order valence-electron chi connectivity index (χ2n) is 7.24. The van der Waals surface area contributed by atoms with Gasteiger partial charge in [-0.1, -0.05) is 24.3 Å². The lowest BCUT2D eigenvalue weighted by Gasteiger charge is -2.06. The van der Waals surface area contributed by atoms with Crippen molar-refractivity contribution in [2.45, 2.75) is 13.8 Å². The van der Waals surface area contributed by atoms with Gasteiger partial charge in [-0.15, -0.1) is 0 Å². The number of anilines is 1. The monoisotopic (exact) mass is 365 g/mol.